The molecule has 0 atom stereocenters. The van der Waals surface area contributed by atoms with E-state index >= 15 is 0 Å². The summed E-state index contributed by atoms with van der Waals surface area (Å²) in [5.74, 6) is 4.02. The lowest BCUT2D eigenvalue weighted by Crippen LogP contribution is -2.20. The van der Waals surface area contributed by atoms with Crippen LogP contribution in [-0.4, -0.2) is 9.52 Å². The molecule has 3 heteroatoms. The Bertz CT molecular complexity index is 694. The van der Waals surface area contributed by atoms with Crippen LogP contribution in [-0.2, 0) is 0 Å². The zero-order chi connectivity index (χ0) is 15.9. The molecule has 0 aliphatic rings. The van der Waals surface area contributed by atoms with Gasteiger partial charge in [0.05, 0.1) is 15.1 Å². The highest BCUT2D eigenvalue weighted by atomic mass is 28.2. The van der Waals surface area contributed by atoms with E-state index in [1.807, 2.05) is 31.2 Å². The maximum absolute atomic E-state index is 14.1. The number of hydrogen-bond acceptors (Lipinski definition) is 0. The van der Waals surface area contributed by atoms with Crippen molar-refractivity contribution in [1.29, 1.82) is 0 Å². The molecule has 0 nitrogen and oxygen atoms in total. The van der Waals surface area contributed by atoms with Crippen molar-refractivity contribution in [2.45, 2.75) is 32.7 Å². The van der Waals surface area contributed by atoms with Crippen LogP contribution in [0.3, 0.4) is 0 Å². The van der Waals surface area contributed by atoms with E-state index in [1.165, 1.54) is 0 Å². The standard InChI is InChI=1S/C19H18F2Si/c1-3-4-13-22-17-12-11-16(18(20)19(17)21)10-9-15-7-5-14(2)6-8-15/h5-8,11-12H,3-4,13H2,1-2H3. The highest BCUT2D eigenvalue weighted by molar-refractivity contribution is 6.53. The van der Waals surface area contributed by atoms with Crippen molar-refractivity contribution in [1.82, 2.24) is 0 Å². The minimum Gasteiger partial charge on any atom is -0.204 e. The Hall–Kier alpha value is -1.92. The van der Waals surface area contributed by atoms with E-state index in [2.05, 4.69) is 18.8 Å². The zero-order valence-corrected chi connectivity index (χ0v) is 13.8. The Morgan fingerprint density at radius 2 is 1.68 bits per heavy atom. The van der Waals surface area contributed by atoms with Gasteiger partial charge in [0.25, 0.3) is 0 Å². The first-order valence-electron chi connectivity index (χ1n) is 7.42. The van der Waals surface area contributed by atoms with Crippen LogP contribution < -0.4 is 5.19 Å². The summed E-state index contributed by atoms with van der Waals surface area (Å²) in [5.41, 5.74) is 2.04. The second kappa shape index (κ2) is 7.91. The summed E-state index contributed by atoms with van der Waals surface area (Å²) in [6.45, 7) is 4.08. The molecule has 0 unspecified atom stereocenters. The molecule has 2 aromatic carbocycles. The van der Waals surface area contributed by atoms with Crippen LogP contribution >= 0.6 is 0 Å². The Balaban J connectivity index is 2.19. The van der Waals surface area contributed by atoms with Crippen LogP contribution in [0.5, 0.6) is 0 Å². The van der Waals surface area contributed by atoms with Gasteiger partial charge in [-0.15, -0.1) is 0 Å². The van der Waals surface area contributed by atoms with Gasteiger partial charge in [-0.25, -0.2) is 8.78 Å². The molecule has 2 rings (SSSR count). The third-order valence-electron chi connectivity index (χ3n) is 3.32. The van der Waals surface area contributed by atoms with Crippen molar-refractivity contribution in [3.63, 3.8) is 0 Å². The fraction of sp³-hybridized carbons (Fsp3) is 0.263. The molecular formula is C19H18F2Si. The first-order valence-corrected chi connectivity index (χ1v) is 8.63. The third kappa shape index (κ3) is 4.28. The molecule has 2 aromatic rings. The van der Waals surface area contributed by atoms with E-state index < -0.39 is 11.6 Å². The molecular weight excluding hydrogens is 294 g/mol. The van der Waals surface area contributed by atoms with E-state index in [1.54, 1.807) is 12.1 Å². The smallest absolute Gasteiger partial charge is 0.174 e. The lowest BCUT2D eigenvalue weighted by molar-refractivity contribution is 0.512. The van der Waals surface area contributed by atoms with Gasteiger partial charge in [0.2, 0.25) is 0 Å². The third-order valence-corrected chi connectivity index (χ3v) is 4.69. The Morgan fingerprint density at radius 1 is 0.955 bits per heavy atom. The number of hydrogen-bond donors (Lipinski definition) is 0. The number of benzene rings is 2. The van der Waals surface area contributed by atoms with Crippen LogP contribution in [0, 0.1) is 30.4 Å². The van der Waals surface area contributed by atoms with Crippen LogP contribution in [0.2, 0.25) is 6.04 Å². The monoisotopic (exact) mass is 312 g/mol. The Kier molecular flexibility index (Phi) is 5.91. The van der Waals surface area contributed by atoms with Crippen LogP contribution in [0.25, 0.3) is 0 Å². The lowest BCUT2D eigenvalue weighted by Gasteiger charge is -2.04. The highest BCUT2D eigenvalue weighted by Crippen LogP contribution is 2.10. The van der Waals surface area contributed by atoms with E-state index in [0.717, 1.165) is 30.0 Å². The second-order valence-electron chi connectivity index (χ2n) is 5.19. The van der Waals surface area contributed by atoms with Gasteiger partial charge in [-0.1, -0.05) is 61.4 Å². The predicted octanol–water partition coefficient (Wildman–Crippen LogP) is 4.22. The van der Waals surface area contributed by atoms with Crippen LogP contribution in [0.1, 0.15) is 36.5 Å². The fourth-order valence-electron chi connectivity index (χ4n) is 1.96. The van der Waals surface area contributed by atoms with Crippen molar-refractivity contribution in [3.8, 4) is 11.8 Å². The Morgan fingerprint density at radius 3 is 2.36 bits per heavy atom. The quantitative estimate of drug-likeness (QED) is 0.450. The molecule has 112 valence electrons. The second-order valence-corrected chi connectivity index (χ2v) is 6.58. The summed E-state index contributed by atoms with van der Waals surface area (Å²) in [6.07, 6.45) is 2.10. The van der Waals surface area contributed by atoms with Gasteiger partial charge in [0.1, 0.15) is 0 Å². The van der Waals surface area contributed by atoms with Gasteiger partial charge in [-0.2, -0.15) is 0 Å². The number of aryl methyl sites for hydroxylation is 1. The summed E-state index contributed by atoms with van der Waals surface area (Å²) < 4.78 is 28.1. The minimum atomic E-state index is -0.832. The van der Waals surface area contributed by atoms with Crippen LogP contribution in [0.15, 0.2) is 36.4 Å². The van der Waals surface area contributed by atoms with Crippen molar-refractivity contribution < 1.29 is 8.78 Å². The van der Waals surface area contributed by atoms with E-state index in [-0.39, 0.29) is 5.56 Å². The molecule has 0 bridgehead atoms. The largest absolute Gasteiger partial charge is 0.204 e. The zero-order valence-electron chi connectivity index (χ0n) is 12.8. The summed E-state index contributed by atoms with van der Waals surface area (Å²) >= 11 is 0. The molecule has 0 amide bonds. The molecule has 22 heavy (non-hydrogen) atoms. The van der Waals surface area contributed by atoms with Gasteiger partial charge in [0, 0.05) is 5.56 Å². The summed E-state index contributed by atoms with van der Waals surface area (Å²) in [7, 11) is 0.313. The summed E-state index contributed by atoms with van der Waals surface area (Å²) in [5, 5.41) is 0.465. The number of halogens is 2. The molecule has 0 N–H and O–H groups in total. The molecule has 0 spiro atoms. The molecule has 0 aliphatic heterocycles. The fourth-order valence-corrected chi connectivity index (χ4v) is 3.22. The van der Waals surface area contributed by atoms with Gasteiger partial charge < -0.3 is 0 Å². The van der Waals surface area contributed by atoms with Crippen molar-refractivity contribution in [3.05, 3.63) is 64.7 Å². The van der Waals surface area contributed by atoms with E-state index in [4.69, 9.17) is 0 Å². The maximum atomic E-state index is 14.1. The molecule has 0 aromatic heterocycles. The minimum absolute atomic E-state index is 0.113. The Labute approximate surface area is 133 Å². The average molecular weight is 312 g/mol. The van der Waals surface area contributed by atoms with Crippen molar-refractivity contribution in [2.24, 2.45) is 0 Å². The summed E-state index contributed by atoms with van der Waals surface area (Å²) in [6, 6.07) is 11.8. The molecule has 0 saturated carbocycles. The predicted molar refractivity (Wildman–Crippen MR) is 88.6 cm³/mol. The van der Waals surface area contributed by atoms with Crippen LogP contribution in [0.4, 0.5) is 8.78 Å². The van der Waals surface area contributed by atoms with Gasteiger partial charge in [0.15, 0.2) is 11.6 Å². The molecule has 2 radical (unpaired) electrons. The molecule has 0 heterocycles. The maximum Gasteiger partial charge on any atom is 0.174 e. The van der Waals surface area contributed by atoms with Gasteiger partial charge >= 0.3 is 0 Å². The summed E-state index contributed by atoms with van der Waals surface area (Å²) in [4.78, 5) is 0. The average Bonchev–Trinajstić information content (AvgIpc) is 2.52. The first kappa shape index (κ1) is 16.4. The molecule has 0 saturated heterocycles. The lowest BCUT2D eigenvalue weighted by atomic mass is 10.1. The van der Waals surface area contributed by atoms with Gasteiger partial charge in [-0.3, -0.25) is 0 Å². The van der Waals surface area contributed by atoms with Crippen molar-refractivity contribution >= 4 is 14.7 Å². The number of rotatable bonds is 4. The van der Waals surface area contributed by atoms with E-state index in [9.17, 15) is 8.78 Å². The first-order chi connectivity index (χ1) is 10.6. The molecule has 0 aliphatic carbocycles. The van der Waals surface area contributed by atoms with Crippen molar-refractivity contribution in [2.75, 3.05) is 0 Å². The van der Waals surface area contributed by atoms with E-state index in [0.29, 0.717) is 14.7 Å². The SMILES string of the molecule is CCCC[Si]c1ccc(C#Cc2ccc(C)cc2)c(F)c1F. The van der Waals surface area contributed by atoms with Gasteiger partial charge in [-0.05, 0) is 30.3 Å². The molecule has 0 fully saturated rings. The highest BCUT2D eigenvalue weighted by Gasteiger charge is 2.12. The normalized spacial score (nSPS) is 10.2. The number of unbranched alkanes of at least 4 members (excludes halogenated alkanes) is 1. The topological polar surface area (TPSA) is 0 Å².